The largest absolute Gasteiger partial charge is 0.445 e. The molecule has 12 heteroatoms. The van der Waals surface area contributed by atoms with E-state index < -0.39 is 66.8 Å². The lowest BCUT2D eigenvalue weighted by molar-refractivity contribution is -0.131. The summed E-state index contributed by atoms with van der Waals surface area (Å²) in [6, 6.07) is 5.70. The first-order valence-electron chi connectivity index (χ1n) is 12.7. The number of nitrogens with two attached hydrogens (primary N) is 2. The van der Waals surface area contributed by atoms with Crippen molar-refractivity contribution < 1.29 is 33.8 Å². The fourth-order valence-electron chi connectivity index (χ4n) is 3.71. The summed E-state index contributed by atoms with van der Waals surface area (Å²) in [6.07, 6.45) is -2.29. The Balaban J connectivity index is 2.87. The van der Waals surface area contributed by atoms with E-state index in [0.717, 1.165) is 5.56 Å². The molecule has 0 aliphatic heterocycles. The molecule has 212 valence electrons. The third-order valence-corrected chi connectivity index (χ3v) is 5.97. The van der Waals surface area contributed by atoms with Crippen LogP contribution in [0.25, 0.3) is 0 Å². The highest BCUT2D eigenvalue weighted by molar-refractivity contribution is 5.91. The number of carbonyl (C=O) groups excluding carboxylic acids is 5. The lowest BCUT2D eigenvalue weighted by Crippen LogP contribution is -2.55. The van der Waals surface area contributed by atoms with Gasteiger partial charge in [0.15, 0.2) is 0 Å². The van der Waals surface area contributed by atoms with Crippen molar-refractivity contribution in [3.8, 4) is 0 Å². The minimum atomic E-state index is -1.36. The first-order valence-corrected chi connectivity index (χ1v) is 12.7. The number of amides is 5. The maximum absolute atomic E-state index is 13.0. The Labute approximate surface area is 223 Å². The summed E-state index contributed by atoms with van der Waals surface area (Å²) in [5.74, 6) is -3.11. The van der Waals surface area contributed by atoms with Gasteiger partial charge in [0, 0.05) is 0 Å². The second kappa shape index (κ2) is 16.2. The topological polar surface area (TPSA) is 203 Å². The van der Waals surface area contributed by atoms with Crippen molar-refractivity contribution in [1.29, 1.82) is 0 Å². The molecule has 1 aromatic rings. The molecule has 1 aromatic carbocycles. The van der Waals surface area contributed by atoms with Crippen molar-refractivity contribution in [3.63, 3.8) is 0 Å². The van der Waals surface area contributed by atoms with Crippen molar-refractivity contribution >= 4 is 29.7 Å². The van der Waals surface area contributed by atoms with Crippen LogP contribution >= 0.6 is 0 Å². The fraction of sp³-hybridized carbons (Fsp3) is 0.577. The highest BCUT2D eigenvalue weighted by Gasteiger charge is 2.31. The van der Waals surface area contributed by atoms with E-state index in [1.165, 1.54) is 0 Å². The van der Waals surface area contributed by atoms with Crippen LogP contribution in [0.5, 0.6) is 0 Å². The van der Waals surface area contributed by atoms with Crippen LogP contribution in [0.3, 0.4) is 0 Å². The molecule has 0 aromatic heterocycles. The van der Waals surface area contributed by atoms with Crippen molar-refractivity contribution in [1.82, 2.24) is 16.0 Å². The fourth-order valence-corrected chi connectivity index (χ4v) is 3.71. The van der Waals surface area contributed by atoms with Gasteiger partial charge in [-0.25, -0.2) is 4.79 Å². The molecule has 0 fully saturated rings. The number of ether oxygens (including phenoxy) is 1. The Bertz CT molecular complexity index is 941. The number of alkyl carbamates (subject to hydrolysis) is 1. The summed E-state index contributed by atoms with van der Waals surface area (Å²) >= 11 is 0. The molecule has 8 N–H and O–H groups in total. The van der Waals surface area contributed by atoms with Crippen LogP contribution in [-0.2, 0) is 30.5 Å². The Hall–Kier alpha value is -3.67. The first-order chi connectivity index (χ1) is 17.8. The molecule has 0 saturated heterocycles. The van der Waals surface area contributed by atoms with Crippen LogP contribution < -0.4 is 27.4 Å². The molecule has 0 radical (unpaired) electrons. The molecule has 1 rings (SSSR count). The van der Waals surface area contributed by atoms with Crippen LogP contribution in [0.2, 0.25) is 0 Å². The maximum atomic E-state index is 13.0. The van der Waals surface area contributed by atoms with Crippen LogP contribution in [0, 0.1) is 11.8 Å². The Kier molecular flexibility index (Phi) is 13.8. The third-order valence-electron chi connectivity index (χ3n) is 5.97. The molecule has 0 spiro atoms. The van der Waals surface area contributed by atoms with Gasteiger partial charge in [0.1, 0.15) is 18.7 Å². The normalized spacial score (nSPS) is 14.9. The molecule has 0 heterocycles. The lowest BCUT2D eigenvalue weighted by Gasteiger charge is -2.28. The molecule has 12 nitrogen and oxygen atoms in total. The number of nitrogens with one attached hydrogen (secondary N) is 3. The van der Waals surface area contributed by atoms with E-state index in [9.17, 15) is 29.1 Å². The highest BCUT2D eigenvalue weighted by Crippen LogP contribution is 2.13. The number of aliphatic hydroxyl groups excluding tert-OH is 1. The molecule has 0 bridgehead atoms. The lowest BCUT2D eigenvalue weighted by atomic mass is 9.95. The molecular formula is C26H41N5O7. The summed E-state index contributed by atoms with van der Waals surface area (Å²) in [7, 11) is 0. The predicted molar refractivity (Wildman–Crippen MR) is 140 cm³/mol. The standard InChI is InChI=1S/C26H41N5O7/c1-5-16(4)23(24(28)35)31-22(34)13-20(32)18(11-15(2)3)29-25(36)19(12-21(27)33)30-26(37)38-14-17-9-7-6-8-10-17/h6-10,15-16,18-20,23,32H,5,11-14H2,1-4H3,(H2,27,33)(H2,28,35)(H,29,36)(H,30,37)(H,31,34). The minimum Gasteiger partial charge on any atom is -0.445 e. The van der Waals surface area contributed by atoms with E-state index in [0.29, 0.717) is 6.42 Å². The van der Waals surface area contributed by atoms with E-state index >= 15 is 0 Å². The van der Waals surface area contributed by atoms with E-state index in [4.69, 9.17) is 16.2 Å². The predicted octanol–water partition coefficient (Wildman–Crippen LogP) is 0.455. The Morgan fingerprint density at radius 3 is 2.11 bits per heavy atom. The van der Waals surface area contributed by atoms with Crippen molar-refractivity contribution in [2.24, 2.45) is 23.3 Å². The summed E-state index contributed by atoms with van der Waals surface area (Å²) in [6.45, 7) is 7.29. The van der Waals surface area contributed by atoms with Gasteiger partial charge in [-0.3, -0.25) is 19.2 Å². The van der Waals surface area contributed by atoms with Gasteiger partial charge in [-0.2, -0.15) is 0 Å². The average molecular weight is 536 g/mol. The number of carbonyl (C=O) groups is 5. The summed E-state index contributed by atoms with van der Waals surface area (Å²) in [5, 5.41) is 18.3. The summed E-state index contributed by atoms with van der Waals surface area (Å²) < 4.78 is 5.12. The van der Waals surface area contributed by atoms with Crippen molar-refractivity contribution in [2.75, 3.05) is 0 Å². The molecule has 5 amide bonds. The minimum absolute atomic E-state index is 0.00915. The van der Waals surface area contributed by atoms with E-state index in [-0.39, 0.29) is 24.9 Å². The zero-order valence-electron chi connectivity index (χ0n) is 22.4. The van der Waals surface area contributed by atoms with E-state index in [1.54, 1.807) is 31.2 Å². The molecule has 0 aliphatic rings. The molecule has 5 atom stereocenters. The molecule has 5 unspecified atom stereocenters. The zero-order chi connectivity index (χ0) is 28.8. The second-order valence-corrected chi connectivity index (χ2v) is 9.78. The van der Waals surface area contributed by atoms with Crippen LogP contribution in [0.15, 0.2) is 30.3 Å². The number of benzene rings is 1. The zero-order valence-corrected chi connectivity index (χ0v) is 22.4. The number of aliphatic hydroxyl groups is 1. The van der Waals surface area contributed by atoms with Gasteiger partial charge in [-0.15, -0.1) is 0 Å². The molecule has 0 aliphatic carbocycles. The smallest absolute Gasteiger partial charge is 0.408 e. The quantitative estimate of drug-likeness (QED) is 0.176. The maximum Gasteiger partial charge on any atom is 0.408 e. The van der Waals surface area contributed by atoms with Crippen molar-refractivity contribution in [3.05, 3.63) is 35.9 Å². The number of primary amides is 2. The Morgan fingerprint density at radius 1 is 0.947 bits per heavy atom. The molecule has 0 saturated carbocycles. The summed E-state index contributed by atoms with van der Waals surface area (Å²) in [5.41, 5.74) is 11.4. The van der Waals surface area contributed by atoms with Gasteiger partial charge in [-0.05, 0) is 23.8 Å². The van der Waals surface area contributed by atoms with Crippen molar-refractivity contribution in [2.45, 2.75) is 84.2 Å². The van der Waals surface area contributed by atoms with Gasteiger partial charge in [0.2, 0.25) is 23.6 Å². The summed E-state index contributed by atoms with van der Waals surface area (Å²) in [4.78, 5) is 61.1. The first kappa shape index (κ1) is 32.4. The molecular weight excluding hydrogens is 494 g/mol. The molecule has 38 heavy (non-hydrogen) atoms. The van der Waals surface area contributed by atoms with Crippen LogP contribution in [-0.4, -0.2) is 59.1 Å². The monoisotopic (exact) mass is 535 g/mol. The van der Waals surface area contributed by atoms with Gasteiger partial charge in [0.05, 0.1) is 25.0 Å². The van der Waals surface area contributed by atoms with Gasteiger partial charge >= 0.3 is 6.09 Å². The van der Waals surface area contributed by atoms with Gasteiger partial charge in [0.25, 0.3) is 0 Å². The van der Waals surface area contributed by atoms with E-state index in [2.05, 4.69) is 16.0 Å². The Morgan fingerprint density at radius 2 is 1.58 bits per heavy atom. The number of hydrogen-bond donors (Lipinski definition) is 6. The number of rotatable bonds is 16. The average Bonchev–Trinajstić information content (AvgIpc) is 2.84. The highest BCUT2D eigenvalue weighted by atomic mass is 16.5. The van der Waals surface area contributed by atoms with Crippen LogP contribution in [0.4, 0.5) is 4.79 Å². The third kappa shape index (κ3) is 12.0. The van der Waals surface area contributed by atoms with E-state index in [1.807, 2.05) is 26.8 Å². The second-order valence-electron chi connectivity index (χ2n) is 9.78. The SMILES string of the molecule is CCC(C)C(NC(=O)CC(O)C(CC(C)C)NC(=O)C(CC(N)=O)NC(=O)OCc1ccccc1)C(N)=O. The van der Waals surface area contributed by atoms with Gasteiger partial charge in [-0.1, -0.05) is 64.4 Å². The van der Waals surface area contributed by atoms with Gasteiger partial charge < -0.3 is 37.3 Å². The van der Waals surface area contributed by atoms with Crippen LogP contribution in [0.1, 0.15) is 58.9 Å². The number of hydrogen-bond acceptors (Lipinski definition) is 7.